The number of benzene rings is 6. The van der Waals surface area contributed by atoms with Crippen LogP contribution in [0.1, 0.15) is 0 Å². The molecule has 3 heterocycles. The highest BCUT2D eigenvalue weighted by molar-refractivity contribution is 7.25. The molecule has 0 aliphatic carbocycles. The van der Waals surface area contributed by atoms with Gasteiger partial charge in [0.15, 0.2) is 11.6 Å². The summed E-state index contributed by atoms with van der Waals surface area (Å²) in [5, 5.41) is 2.54. The zero-order valence-electron chi connectivity index (χ0n) is 23.6. The fraction of sp³-hybridized carbons (Fsp3) is 0. The minimum Gasteiger partial charge on any atom is -0.278 e. The molecule has 6 aromatic carbocycles. The lowest BCUT2D eigenvalue weighted by atomic mass is 9.94. The van der Waals surface area contributed by atoms with E-state index in [1.165, 1.54) is 31.3 Å². The van der Waals surface area contributed by atoms with E-state index in [0.717, 1.165) is 33.6 Å². The van der Waals surface area contributed by atoms with Crippen LogP contribution < -0.4 is 4.90 Å². The molecule has 4 nitrogen and oxygen atoms in total. The van der Waals surface area contributed by atoms with Crippen LogP contribution in [-0.2, 0) is 0 Å². The molecule has 2 aromatic heterocycles. The summed E-state index contributed by atoms with van der Waals surface area (Å²) in [6, 6.07) is 50.9. The van der Waals surface area contributed by atoms with Gasteiger partial charge in [-0.15, -0.1) is 11.3 Å². The first-order valence-electron chi connectivity index (χ1n) is 14.6. The predicted molar refractivity (Wildman–Crippen MR) is 183 cm³/mol. The zero-order valence-corrected chi connectivity index (χ0v) is 24.4. The summed E-state index contributed by atoms with van der Waals surface area (Å²) in [5.74, 6) is 1.86. The lowest BCUT2D eigenvalue weighted by molar-refractivity contribution is 1.02. The lowest BCUT2D eigenvalue weighted by Crippen LogP contribution is -2.16. The number of anilines is 3. The van der Waals surface area contributed by atoms with Gasteiger partial charge in [0.1, 0.15) is 0 Å². The maximum atomic E-state index is 5.18. The van der Waals surface area contributed by atoms with Crippen molar-refractivity contribution in [3.05, 3.63) is 146 Å². The van der Waals surface area contributed by atoms with Crippen LogP contribution in [0.25, 0.3) is 65.2 Å². The molecule has 0 unspecified atom stereocenters. The van der Waals surface area contributed by atoms with Crippen LogP contribution in [0.5, 0.6) is 0 Å². The Hall–Kier alpha value is -5.65. The minimum absolute atomic E-state index is 0.583. The van der Waals surface area contributed by atoms with Crippen molar-refractivity contribution in [2.75, 3.05) is 4.90 Å². The molecular weight excluding hydrogens is 557 g/mol. The minimum atomic E-state index is 0.583. The summed E-state index contributed by atoms with van der Waals surface area (Å²) < 4.78 is 2.51. The molecule has 0 amide bonds. The lowest BCUT2D eigenvalue weighted by Gasteiger charge is -2.26. The normalized spacial score (nSPS) is 12.0. The summed E-state index contributed by atoms with van der Waals surface area (Å²) in [5.41, 5.74) is 8.63. The largest absolute Gasteiger partial charge is 0.278 e. The highest BCUT2D eigenvalue weighted by atomic mass is 32.1. The third-order valence-corrected chi connectivity index (χ3v) is 9.41. The van der Waals surface area contributed by atoms with Gasteiger partial charge in [0, 0.05) is 42.4 Å². The Bertz CT molecular complexity index is 2290. The van der Waals surface area contributed by atoms with Gasteiger partial charge in [-0.2, -0.15) is 9.97 Å². The van der Waals surface area contributed by atoms with Gasteiger partial charge >= 0.3 is 0 Å². The van der Waals surface area contributed by atoms with Crippen LogP contribution in [0.2, 0.25) is 0 Å². The quantitative estimate of drug-likeness (QED) is 0.208. The molecule has 0 N–H and O–H groups in total. The van der Waals surface area contributed by atoms with Gasteiger partial charge in [0.2, 0.25) is 5.95 Å². The van der Waals surface area contributed by atoms with Crippen LogP contribution in [0.4, 0.5) is 17.3 Å². The standard InChI is InChI=1S/C39H24N4S/c1-3-13-25(14-4-1)37-40-38(26-15-5-2-6-16-26)42-39(41-37)43-33-21-11-9-19-29(33)27-17-7-8-18-28(27)31-23-32-30-20-10-12-22-35(30)44-36(32)24-34(31)43/h1-24H. The van der Waals surface area contributed by atoms with E-state index in [4.69, 9.17) is 15.0 Å². The van der Waals surface area contributed by atoms with Gasteiger partial charge in [0.05, 0.1) is 11.4 Å². The van der Waals surface area contributed by atoms with Crippen LogP contribution in [-0.4, -0.2) is 15.0 Å². The third-order valence-electron chi connectivity index (χ3n) is 8.28. The van der Waals surface area contributed by atoms with E-state index < -0.39 is 0 Å². The van der Waals surface area contributed by atoms with E-state index in [9.17, 15) is 0 Å². The first kappa shape index (κ1) is 24.9. The summed E-state index contributed by atoms with van der Waals surface area (Å²) >= 11 is 1.82. The van der Waals surface area contributed by atoms with Gasteiger partial charge in [-0.3, -0.25) is 4.90 Å². The zero-order chi connectivity index (χ0) is 29.0. The Morgan fingerprint density at radius 2 is 0.977 bits per heavy atom. The smallest absolute Gasteiger partial charge is 0.238 e. The molecule has 0 atom stereocenters. The molecule has 0 saturated carbocycles. The number of para-hydroxylation sites is 1. The van der Waals surface area contributed by atoms with Crippen LogP contribution >= 0.6 is 11.3 Å². The number of thiophene rings is 1. The molecule has 0 fully saturated rings. The molecule has 9 rings (SSSR count). The molecule has 44 heavy (non-hydrogen) atoms. The first-order valence-corrected chi connectivity index (χ1v) is 15.4. The van der Waals surface area contributed by atoms with Gasteiger partial charge < -0.3 is 0 Å². The van der Waals surface area contributed by atoms with Gasteiger partial charge in [0.25, 0.3) is 0 Å². The molecule has 0 radical (unpaired) electrons. The number of nitrogens with zero attached hydrogens (tertiary/aromatic N) is 4. The number of hydrogen-bond donors (Lipinski definition) is 0. The number of hydrogen-bond acceptors (Lipinski definition) is 5. The second-order valence-corrected chi connectivity index (χ2v) is 12.0. The van der Waals surface area contributed by atoms with Crippen LogP contribution in [0.15, 0.2) is 146 Å². The molecule has 0 saturated heterocycles. The Kier molecular flexibility index (Phi) is 5.64. The summed E-state index contributed by atoms with van der Waals surface area (Å²) in [4.78, 5) is 17.6. The van der Waals surface area contributed by atoms with Crippen molar-refractivity contribution in [1.29, 1.82) is 0 Å². The van der Waals surface area contributed by atoms with E-state index in [2.05, 4.69) is 114 Å². The molecular formula is C39H24N4S. The average molecular weight is 581 g/mol. The molecule has 1 aliphatic rings. The van der Waals surface area contributed by atoms with Crippen molar-refractivity contribution >= 4 is 48.8 Å². The highest BCUT2D eigenvalue weighted by Crippen LogP contribution is 2.52. The maximum absolute atomic E-state index is 5.18. The average Bonchev–Trinajstić information content (AvgIpc) is 3.41. The summed E-state index contributed by atoms with van der Waals surface area (Å²) in [6.45, 7) is 0. The fourth-order valence-corrected chi connectivity index (χ4v) is 7.37. The van der Waals surface area contributed by atoms with Crippen molar-refractivity contribution in [3.63, 3.8) is 0 Å². The number of rotatable bonds is 3. The van der Waals surface area contributed by atoms with E-state index in [1.807, 2.05) is 47.7 Å². The molecule has 5 heteroatoms. The van der Waals surface area contributed by atoms with Crippen LogP contribution in [0, 0.1) is 0 Å². The molecule has 1 aliphatic heterocycles. The monoisotopic (exact) mass is 580 g/mol. The maximum Gasteiger partial charge on any atom is 0.238 e. The predicted octanol–water partition coefficient (Wildman–Crippen LogP) is 10.7. The van der Waals surface area contributed by atoms with E-state index >= 15 is 0 Å². The van der Waals surface area contributed by atoms with Crippen molar-refractivity contribution < 1.29 is 0 Å². The van der Waals surface area contributed by atoms with Crippen molar-refractivity contribution in [2.24, 2.45) is 0 Å². The fourth-order valence-electron chi connectivity index (χ4n) is 6.25. The first-order chi connectivity index (χ1) is 21.8. The molecule has 206 valence electrons. The molecule has 8 aromatic rings. The highest BCUT2D eigenvalue weighted by Gasteiger charge is 2.29. The topological polar surface area (TPSA) is 41.9 Å². The summed E-state index contributed by atoms with van der Waals surface area (Å²) in [7, 11) is 0. The Labute approximate surface area is 258 Å². The number of aromatic nitrogens is 3. The summed E-state index contributed by atoms with van der Waals surface area (Å²) in [6.07, 6.45) is 0. The van der Waals surface area contributed by atoms with Crippen LogP contribution in [0.3, 0.4) is 0 Å². The second-order valence-electron chi connectivity index (χ2n) is 10.9. The Morgan fingerprint density at radius 1 is 0.409 bits per heavy atom. The van der Waals surface area contributed by atoms with Gasteiger partial charge in [-0.25, -0.2) is 4.98 Å². The van der Waals surface area contributed by atoms with Gasteiger partial charge in [-0.05, 0) is 35.4 Å². The number of fused-ring (bicyclic) bond motifs is 8. The van der Waals surface area contributed by atoms with E-state index in [-0.39, 0.29) is 0 Å². The van der Waals surface area contributed by atoms with Crippen molar-refractivity contribution in [3.8, 4) is 45.0 Å². The van der Waals surface area contributed by atoms with Crippen molar-refractivity contribution in [1.82, 2.24) is 15.0 Å². The Morgan fingerprint density at radius 3 is 1.68 bits per heavy atom. The molecule has 0 bridgehead atoms. The third kappa shape index (κ3) is 3.94. The van der Waals surface area contributed by atoms with Gasteiger partial charge in [-0.1, -0.05) is 121 Å². The van der Waals surface area contributed by atoms with E-state index in [1.54, 1.807) is 0 Å². The second kappa shape index (κ2) is 9.97. The van der Waals surface area contributed by atoms with Crippen molar-refractivity contribution in [2.45, 2.75) is 0 Å². The molecule has 0 spiro atoms. The Balaban J connectivity index is 1.40. The van der Waals surface area contributed by atoms with E-state index in [0.29, 0.717) is 17.6 Å². The SMILES string of the molecule is c1ccc(-c2nc(-c3ccccc3)nc(N3c4ccccc4-c4ccccc4-c4cc5c(cc43)sc3ccccc35)n2)cc1.